The number of hydrogen-bond donors (Lipinski definition) is 2. The van der Waals surface area contributed by atoms with Gasteiger partial charge in [-0.2, -0.15) is 0 Å². The van der Waals surface area contributed by atoms with Crippen LogP contribution in [-0.4, -0.2) is 17.4 Å². The standard InChI is InChI=1S/C14H26N2O2.CH4/c1-7-8-10(12(15)17)11(9(2)3)13(18)16-14(4,5)6;/h7,9-11H,1,8H2,2-6H3,(H2,15,17)(H,16,18);1H4/t10-,11+;/m0./s1. The summed E-state index contributed by atoms with van der Waals surface area (Å²) < 4.78 is 0. The third-order valence-electron chi connectivity index (χ3n) is 2.74. The second-order valence-electron chi connectivity index (χ2n) is 6.04. The number of carbonyl (C=O) groups excluding carboxylic acids is 2. The van der Waals surface area contributed by atoms with Gasteiger partial charge in [-0.25, -0.2) is 0 Å². The molecule has 4 heteroatoms. The van der Waals surface area contributed by atoms with Crippen molar-refractivity contribution in [2.45, 2.75) is 54.0 Å². The maximum Gasteiger partial charge on any atom is 0.224 e. The molecule has 0 spiro atoms. The van der Waals surface area contributed by atoms with E-state index < -0.39 is 17.7 Å². The Morgan fingerprint density at radius 2 is 1.79 bits per heavy atom. The summed E-state index contributed by atoms with van der Waals surface area (Å²) in [6.07, 6.45) is 2.06. The molecule has 0 aliphatic carbocycles. The number of amides is 2. The summed E-state index contributed by atoms with van der Waals surface area (Å²) in [5.41, 5.74) is 5.08. The highest BCUT2D eigenvalue weighted by Crippen LogP contribution is 2.25. The molecular weight excluding hydrogens is 240 g/mol. The Balaban J connectivity index is 0. The van der Waals surface area contributed by atoms with Gasteiger partial charge >= 0.3 is 0 Å². The number of hydrogen-bond acceptors (Lipinski definition) is 2. The molecule has 0 aromatic heterocycles. The molecule has 2 atom stereocenters. The quantitative estimate of drug-likeness (QED) is 0.728. The predicted octanol–water partition coefficient (Wildman–Crippen LogP) is 2.49. The van der Waals surface area contributed by atoms with Crippen LogP contribution in [0, 0.1) is 17.8 Å². The fourth-order valence-corrected chi connectivity index (χ4v) is 2.02. The number of nitrogens with two attached hydrogens (primary N) is 1. The van der Waals surface area contributed by atoms with E-state index >= 15 is 0 Å². The van der Waals surface area contributed by atoms with Crippen LogP contribution in [0.15, 0.2) is 12.7 Å². The minimum Gasteiger partial charge on any atom is -0.369 e. The molecule has 0 saturated heterocycles. The summed E-state index contributed by atoms with van der Waals surface area (Å²) in [4.78, 5) is 23.8. The molecule has 2 amide bonds. The van der Waals surface area contributed by atoms with E-state index in [0.717, 1.165) is 0 Å². The molecule has 0 aliphatic heterocycles. The maximum absolute atomic E-state index is 12.3. The summed E-state index contributed by atoms with van der Waals surface area (Å²) >= 11 is 0. The molecule has 19 heavy (non-hydrogen) atoms. The molecule has 0 aliphatic rings. The van der Waals surface area contributed by atoms with Crippen LogP contribution in [0.5, 0.6) is 0 Å². The van der Waals surface area contributed by atoms with Crippen LogP contribution in [-0.2, 0) is 9.59 Å². The molecule has 0 unspecified atom stereocenters. The van der Waals surface area contributed by atoms with Gasteiger partial charge in [0.1, 0.15) is 0 Å². The highest BCUT2D eigenvalue weighted by Gasteiger charge is 2.35. The Labute approximate surface area is 117 Å². The van der Waals surface area contributed by atoms with E-state index in [0.29, 0.717) is 6.42 Å². The second-order valence-corrected chi connectivity index (χ2v) is 6.04. The van der Waals surface area contributed by atoms with Crippen LogP contribution in [0.1, 0.15) is 48.5 Å². The molecule has 0 aromatic rings. The van der Waals surface area contributed by atoms with Crippen LogP contribution in [0.3, 0.4) is 0 Å². The lowest BCUT2D eigenvalue weighted by Gasteiger charge is -2.30. The first kappa shape index (κ1) is 20.0. The first-order chi connectivity index (χ1) is 8.10. The molecule has 0 radical (unpaired) electrons. The van der Waals surface area contributed by atoms with Crippen molar-refractivity contribution < 1.29 is 9.59 Å². The average Bonchev–Trinajstić information content (AvgIpc) is 2.13. The molecule has 4 nitrogen and oxygen atoms in total. The Morgan fingerprint density at radius 3 is 2.05 bits per heavy atom. The monoisotopic (exact) mass is 270 g/mol. The lowest BCUT2D eigenvalue weighted by atomic mass is 9.80. The van der Waals surface area contributed by atoms with E-state index in [-0.39, 0.29) is 24.8 Å². The van der Waals surface area contributed by atoms with Crippen molar-refractivity contribution in [3.63, 3.8) is 0 Å². The van der Waals surface area contributed by atoms with E-state index in [9.17, 15) is 9.59 Å². The molecule has 0 fully saturated rings. The third kappa shape index (κ3) is 6.99. The van der Waals surface area contributed by atoms with Crippen LogP contribution in [0.2, 0.25) is 0 Å². The number of nitrogens with one attached hydrogen (secondary N) is 1. The fraction of sp³-hybridized carbons (Fsp3) is 0.733. The van der Waals surface area contributed by atoms with Crippen molar-refractivity contribution in [3.8, 4) is 0 Å². The Bertz CT molecular complexity index is 317. The lowest BCUT2D eigenvalue weighted by molar-refractivity contribution is -0.136. The average molecular weight is 270 g/mol. The number of rotatable bonds is 6. The van der Waals surface area contributed by atoms with Gasteiger partial charge < -0.3 is 11.1 Å². The minimum atomic E-state index is -0.496. The number of carbonyl (C=O) groups is 2. The molecule has 0 bridgehead atoms. The summed E-state index contributed by atoms with van der Waals surface area (Å²) in [7, 11) is 0. The topological polar surface area (TPSA) is 72.2 Å². The van der Waals surface area contributed by atoms with Gasteiger partial charge in [-0.1, -0.05) is 27.4 Å². The summed E-state index contributed by atoms with van der Waals surface area (Å²) in [5, 5.41) is 2.91. The Kier molecular flexibility index (Phi) is 8.40. The number of allylic oxidation sites excluding steroid dienone is 1. The van der Waals surface area contributed by atoms with Gasteiger partial charge in [0.25, 0.3) is 0 Å². The zero-order chi connectivity index (χ0) is 14.5. The van der Waals surface area contributed by atoms with Crippen molar-refractivity contribution >= 4 is 11.8 Å². The van der Waals surface area contributed by atoms with E-state index in [1.807, 2.05) is 34.6 Å². The Hall–Kier alpha value is -1.32. The molecule has 112 valence electrons. The molecule has 0 heterocycles. The van der Waals surface area contributed by atoms with E-state index in [4.69, 9.17) is 5.73 Å². The van der Waals surface area contributed by atoms with Crippen LogP contribution in [0.4, 0.5) is 0 Å². The zero-order valence-electron chi connectivity index (χ0n) is 12.1. The van der Waals surface area contributed by atoms with Crippen molar-refractivity contribution in [2.75, 3.05) is 0 Å². The summed E-state index contributed by atoms with van der Waals surface area (Å²) in [6, 6.07) is 0. The van der Waals surface area contributed by atoms with Crippen LogP contribution in [0.25, 0.3) is 0 Å². The highest BCUT2D eigenvalue weighted by atomic mass is 16.2. The molecule has 0 rings (SSSR count). The van der Waals surface area contributed by atoms with Gasteiger partial charge in [-0.15, -0.1) is 6.58 Å². The normalized spacial score (nSPS) is 14.2. The first-order valence-corrected chi connectivity index (χ1v) is 6.32. The van der Waals surface area contributed by atoms with Crippen molar-refractivity contribution in [2.24, 2.45) is 23.5 Å². The van der Waals surface area contributed by atoms with E-state index in [1.54, 1.807) is 6.08 Å². The van der Waals surface area contributed by atoms with Crippen molar-refractivity contribution in [1.82, 2.24) is 5.32 Å². The van der Waals surface area contributed by atoms with Crippen LogP contribution >= 0.6 is 0 Å². The van der Waals surface area contributed by atoms with E-state index in [2.05, 4.69) is 11.9 Å². The largest absolute Gasteiger partial charge is 0.369 e. The fourth-order valence-electron chi connectivity index (χ4n) is 2.02. The summed E-state index contributed by atoms with van der Waals surface area (Å²) in [5.74, 6) is -1.44. The predicted molar refractivity (Wildman–Crippen MR) is 80.5 cm³/mol. The third-order valence-corrected chi connectivity index (χ3v) is 2.74. The van der Waals surface area contributed by atoms with Crippen molar-refractivity contribution in [1.29, 1.82) is 0 Å². The molecule has 0 aromatic carbocycles. The first-order valence-electron chi connectivity index (χ1n) is 6.32. The molecular formula is C15H30N2O2. The zero-order valence-corrected chi connectivity index (χ0v) is 12.1. The van der Waals surface area contributed by atoms with Gasteiger partial charge in [-0.3, -0.25) is 9.59 Å². The van der Waals surface area contributed by atoms with Gasteiger partial charge in [0.2, 0.25) is 11.8 Å². The van der Waals surface area contributed by atoms with Gasteiger partial charge in [-0.05, 0) is 33.1 Å². The van der Waals surface area contributed by atoms with Crippen molar-refractivity contribution in [3.05, 3.63) is 12.7 Å². The smallest absolute Gasteiger partial charge is 0.224 e. The highest BCUT2D eigenvalue weighted by molar-refractivity contribution is 5.87. The molecule has 0 saturated carbocycles. The minimum absolute atomic E-state index is 0. The SMILES string of the molecule is C.C=CC[C@H](C(N)=O)[C@H](C(=O)NC(C)(C)C)C(C)C. The van der Waals surface area contributed by atoms with Gasteiger partial charge in [0.15, 0.2) is 0 Å². The molecule has 3 N–H and O–H groups in total. The van der Waals surface area contributed by atoms with E-state index in [1.165, 1.54) is 0 Å². The lowest BCUT2D eigenvalue weighted by Crippen LogP contribution is -2.49. The van der Waals surface area contributed by atoms with Gasteiger partial charge in [0, 0.05) is 5.54 Å². The summed E-state index contributed by atoms with van der Waals surface area (Å²) in [6.45, 7) is 13.2. The van der Waals surface area contributed by atoms with Gasteiger partial charge in [0.05, 0.1) is 11.8 Å². The maximum atomic E-state index is 12.3. The Morgan fingerprint density at radius 1 is 1.32 bits per heavy atom. The number of primary amides is 1. The van der Waals surface area contributed by atoms with Crippen LogP contribution < -0.4 is 11.1 Å². The second kappa shape index (κ2) is 7.97.